The molecule has 3 N–H and O–H groups in total. The standard InChI is InChI=1S/B.Fe.H3N.Sm.Ti/h;;1H3;;. The summed E-state index contributed by atoms with van der Waals surface area (Å²) in [6, 6.07) is 0. The van der Waals surface area contributed by atoms with Crippen LogP contribution in [0, 0.1) is 40.4 Å². The molecule has 0 aromatic carbocycles. The molecule has 0 aromatic rings. The van der Waals surface area contributed by atoms with Crippen LogP contribution in [0.25, 0.3) is 0 Å². The van der Waals surface area contributed by atoms with Crippen LogP contribution in [0.3, 0.4) is 0 Å². The molecule has 0 heterocycles. The van der Waals surface area contributed by atoms with Gasteiger partial charge in [0.25, 0.3) is 0 Å². The van der Waals surface area contributed by atoms with Gasteiger partial charge in [0.15, 0.2) is 0 Å². The average Bonchev–Trinajstić information content (AvgIpc) is 0. The van der Waals surface area contributed by atoms with Crippen LogP contribution in [0.15, 0.2) is 0 Å². The Bertz CT molecular complexity index is 11.6. The fraction of sp³-hybridized carbons (Fsp3) is 0. The Labute approximate surface area is 92.0 Å². The Morgan fingerprint density at radius 3 is 1.00 bits per heavy atom. The van der Waals surface area contributed by atoms with Gasteiger partial charge in [0.2, 0.25) is 0 Å². The number of hydrogen-bond donors (Lipinski definition) is 1. The first-order valence-corrected chi connectivity index (χ1v) is 0. The van der Waals surface area contributed by atoms with Crippen molar-refractivity contribution in [3.63, 3.8) is 0 Å². The van der Waals surface area contributed by atoms with Crippen molar-refractivity contribution < 1.29 is 79.2 Å². The van der Waals surface area contributed by atoms with Gasteiger partial charge < -0.3 is 6.15 Å². The molecule has 29 valence electrons. The molecule has 0 fully saturated rings. The van der Waals surface area contributed by atoms with Crippen molar-refractivity contribution in [3.05, 3.63) is 0 Å². The second-order valence-corrected chi connectivity index (χ2v) is 0. The molecule has 0 unspecified atom stereocenters. The monoisotopic (exact) mass is 284 g/mol. The summed E-state index contributed by atoms with van der Waals surface area (Å²) in [4.78, 5) is 0. The summed E-state index contributed by atoms with van der Waals surface area (Å²) in [6.07, 6.45) is 0. The molecule has 0 aliphatic carbocycles. The minimum absolute atomic E-state index is 0. The van der Waals surface area contributed by atoms with E-state index in [1.165, 1.54) is 0 Å². The van der Waals surface area contributed by atoms with E-state index in [0.29, 0.717) is 0 Å². The van der Waals surface area contributed by atoms with Crippen molar-refractivity contribution in [2.24, 2.45) is 0 Å². The van der Waals surface area contributed by atoms with Crippen LogP contribution < -0.4 is 6.15 Å². The average molecular weight is 282 g/mol. The minimum atomic E-state index is 0. The minimum Gasteiger partial charge on any atom is -0.344 e. The van der Waals surface area contributed by atoms with E-state index >= 15 is 0 Å². The van der Waals surface area contributed by atoms with Gasteiger partial charge in [-0.2, -0.15) is 0 Å². The van der Waals surface area contributed by atoms with E-state index < -0.39 is 0 Å². The van der Waals surface area contributed by atoms with Crippen LogP contribution in [-0.2, 0) is 38.8 Å². The molecule has 0 spiro atoms. The van der Waals surface area contributed by atoms with Crippen molar-refractivity contribution in [2.75, 3.05) is 0 Å². The zero-order valence-corrected chi connectivity index (χ0v) is 7.83. The smallest absolute Gasteiger partial charge is 0 e. The maximum absolute atomic E-state index is 0. The molecule has 0 aliphatic rings. The van der Waals surface area contributed by atoms with E-state index in [-0.39, 0.29) is 93.7 Å². The Kier molecular flexibility index (Phi) is 301. The number of hydrogen-bond acceptors (Lipinski definition) is 1. The molecule has 0 aromatic heterocycles. The molecule has 0 saturated heterocycles. The Morgan fingerprint density at radius 1 is 1.00 bits per heavy atom. The maximum atomic E-state index is 0. The van der Waals surface area contributed by atoms with Gasteiger partial charge in [-0.3, -0.25) is 0 Å². The summed E-state index contributed by atoms with van der Waals surface area (Å²) in [5.41, 5.74) is 0. The summed E-state index contributed by atoms with van der Waals surface area (Å²) in [7, 11) is 0. The van der Waals surface area contributed by atoms with E-state index in [0.717, 1.165) is 0 Å². The van der Waals surface area contributed by atoms with Gasteiger partial charge >= 0.3 is 0 Å². The van der Waals surface area contributed by atoms with Crippen molar-refractivity contribution in [3.8, 4) is 0 Å². The second kappa shape index (κ2) is 30.6. The zero-order chi connectivity index (χ0) is 0. The molecule has 0 aliphatic heterocycles. The predicted molar refractivity (Wildman–Crippen MR) is 10.8 cm³/mol. The van der Waals surface area contributed by atoms with E-state index in [1.807, 2.05) is 0 Å². The first-order valence-electron chi connectivity index (χ1n) is 0. The zero-order valence-electron chi connectivity index (χ0n) is 2.55. The molecular formula is H3BFeNSmTi. The fourth-order valence-corrected chi connectivity index (χ4v) is 0. The quantitative estimate of drug-likeness (QED) is 0.612. The van der Waals surface area contributed by atoms with Crippen molar-refractivity contribution in [1.82, 2.24) is 6.15 Å². The maximum Gasteiger partial charge on any atom is 0 e. The summed E-state index contributed by atoms with van der Waals surface area (Å²) >= 11 is 0. The summed E-state index contributed by atoms with van der Waals surface area (Å²) in [5, 5.41) is 0. The van der Waals surface area contributed by atoms with Gasteiger partial charge in [-0.1, -0.05) is 0 Å². The third kappa shape index (κ3) is 20.7. The third-order valence-corrected chi connectivity index (χ3v) is 0. The third-order valence-electron chi connectivity index (χ3n) is 0. The molecule has 0 amide bonds. The first kappa shape index (κ1) is 49.0. The summed E-state index contributed by atoms with van der Waals surface area (Å²) < 4.78 is 0. The van der Waals surface area contributed by atoms with E-state index in [1.54, 1.807) is 0 Å². The van der Waals surface area contributed by atoms with Crippen LogP contribution in [0.2, 0.25) is 0 Å². The number of rotatable bonds is 0. The van der Waals surface area contributed by atoms with Gasteiger partial charge in [0.1, 0.15) is 0 Å². The van der Waals surface area contributed by atoms with Crippen LogP contribution >= 0.6 is 0 Å². The Balaban J connectivity index is 0. The van der Waals surface area contributed by atoms with Gasteiger partial charge in [0.05, 0.1) is 0 Å². The fourth-order valence-electron chi connectivity index (χ4n) is 0. The van der Waals surface area contributed by atoms with Crippen molar-refractivity contribution >= 4 is 8.41 Å². The SMILES string of the molecule is N.[B].[Fe].[Sm].[Ti]. The molecule has 0 atom stereocenters. The molecule has 3 radical (unpaired) electrons. The molecule has 0 bridgehead atoms. The van der Waals surface area contributed by atoms with Crippen LogP contribution in [-0.4, -0.2) is 8.41 Å². The van der Waals surface area contributed by atoms with Crippen LogP contribution in [0.1, 0.15) is 0 Å². The molecular weight excluding hydrogens is 279 g/mol. The topological polar surface area (TPSA) is 35.0 Å². The molecule has 1 nitrogen and oxygen atoms in total. The molecule has 5 heavy (non-hydrogen) atoms. The van der Waals surface area contributed by atoms with Gasteiger partial charge in [0, 0.05) is 87.6 Å². The van der Waals surface area contributed by atoms with Crippen LogP contribution in [0.5, 0.6) is 0 Å². The second-order valence-electron chi connectivity index (χ2n) is 0. The largest absolute Gasteiger partial charge is 0.344 e. The molecule has 5 heteroatoms. The normalized spacial score (nSPS) is 0. The summed E-state index contributed by atoms with van der Waals surface area (Å²) in [6.45, 7) is 0. The Hall–Kier alpha value is 2.60. The molecule has 0 rings (SSSR count). The van der Waals surface area contributed by atoms with E-state index in [9.17, 15) is 0 Å². The van der Waals surface area contributed by atoms with Gasteiger partial charge in [-0.05, 0) is 0 Å². The van der Waals surface area contributed by atoms with Gasteiger partial charge in [-0.15, -0.1) is 0 Å². The summed E-state index contributed by atoms with van der Waals surface area (Å²) in [5.74, 6) is 0. The van der Waals surface area contributed by atoms with Crippen LogP contribution in [0.4, 0.5) is 0 Å². The van der Waals surface area contributed by atoms with E-state index in [4.69, 9.17) is 0 Å². The van der Waals surface area contributed by atoms with E-state index in [2.05, 4.69) is 0 Å². The molecule has 0 saturated carbocycles. The predicted octanol–water partition coefficient (Wildman–Crippen LogP) is -0.224. The van der Waals surface area contributed by atoms with Gasteiger partial charge in [-0.25, -0.2) is 0 Å². The Morgan fingerprint density at radius 2 is 1.00 bits per heavy atom. The first-order chi connectivity index (χ1) is 0. The van der Waals surface area contributed by atoms with Crippen molar-refractivity contribution in [1.29, 1.82) is 0 Å². The van der Waals surface area contributed by atoms with Crippen molar-refractivity contribution in [2.45, 2.75) is 0 Å².